The number of hydrogen-bond donors (Lipinski definition) is 0. The van der Waals surface area contributed by atoms with Crippen molar-refractivity contribution >= 4 is 17.2 Å². The molecule has 1 aromatic heterocycles. The molecule has 3 nitrogen and oxygen atoms in total. The molecule has 2 aromatic rings. The second-order valence-corrected chi connectivity index (χ2v) is 7.84. The Labute approximate surface area is 148 Å². The highest BCUT2D eigenvalue weighted by atomic mass is 32.1. The number of fused-ring (bicyclic) bond motifs is 1. The largest absolute Gasteiger partial charge is 0.334 e. The van der Waals surface area contributed by atoms with Crippen LogP contribution in [0.5, 0.6) is 0 Å². The van der Waals surface area contributed by atoms with E-state index in [0.29, 0.717) is 0 Å². The molecule has 0 N–H and O–H groups in total. The number of amides is 1. The van der Waals surface area contributed by atoms with Crippen LogP contribution in [0.15, 0.2) is 29.6 Å². The standard InChI is InChI=1S/C20H26N2OS/c1-15-12-17-14-22(20(23)19(17)13-16(15)2)9-5-8-21(3)10-7-18-6-4-11-24-18/h4,6,11-13H,5,7-10,14H2,1-3H3. The second-order valence-electron chi connectivity index (χ2n) is 6.81. The summed E-state index contributed by atoms with van der Waals surface area (Å²) in [5.74, 6) is 0.203. The number of carbonyl (C=O) groups is 1. The topological polar surface area (TPSA) is 23.6 Å². The Hall–Kier alpha value is -1.65. The molecule has 0 atom stereocenters. The van der Waals surface area contributed by atoms with Crippen molar-refractivity contribution in [1.82, 2.24) is 9.80 Å². The number of rotatable bonds is 7. The molecule has 0 bridgehead atoms. The van der Waals surface area contributed by atoms with Crippen LogP contribution in [-0.4, -0.2) is 42.4 Å². The first-order valence-corrected chi connectivity index (χ1v) is 9.53. The Morgan fingerprint density at radius 2 is 2.00 bits per heavy atom. The van der Waals surface area contributed by atoms with Crippen molar-refractivity contribution < 1.29 is 4.79 Å². The van der Waals surface area contributed by atoms with Gasteiger partial charge in [0.25, 0.3) is 5.91 Å². The average molecular weight is 343 g/mol. The lowest BCUT2D eigenvalue weighted by Crippen LogP contribution is -2.29. The van der Waals surface area contributed by atoms with E-state index in [2.05, 4.69) is 55.4 Å². The monoisotopic (exact) mass is 342 g/mol. The van der Waals surface area contributed by atoms with E-state index in [9.17, 15) is 4.79 Å². The molecular formula is C20H26N2OS. The summed E-state index contributed by atoms with van der Waals surface area (Å²) in [6.45, 7) is 7.92. The summed E-state index contributed by atoms with van der Waals surface area (Å²) in [7, 11) is 2.17. The van der Waals surface area contributed by atoms with Gasteiger partial charge in [-0.3, -0.25) is 4.79 Å². The summed E-state index contributed by atoms with van der Waals surface area (Å²) in [5.41, 5.74) is 4.58. The van der Waals surface area contributed by atoms with Crippen LogP contribution in [0.25, 0.3) is 0 Å². The molecule has 1 aromatic carbocycles. The van der Waals surface area contributed by atoms with Crippen LogP contribution in [0.1, 0.15) is 38.3 Å². The van der Waals surface area contributed by atoms with Gasteiger partial charge in [-0.2, -0.15) is 0 Å². The summed E-state index contributed by atoms with van der Waals surface area (Å²) >= 11 is 1.83. The van der Waals surface area contributed by atoms with E-state index in [1.807, 2.05) is 16.2 Å². The maximum absolute atomic E-state index is 12.5. The SMILES string of the molecule is Cc1cc2c(cc1C)C(=O)N(CCCN(C)CCc1cccs1)C2. The highest BCUT2D eigenvalue weighted by Gasteiger charge is 2.27. The van der Waals surface area contributed by atoms with Gasteiger partial charge >= 0.3 is 0 Å². The number of carbonyl (C=O) groups excluding carboxylic acids is 1. The number of benzene rings is 1. The first-order valence-electron chi connectivity index (χ1n) is 8.65. The molecule has 0 aliphatic carbocycles. The number of likely N-dealkylation sites (N-methyl/N-ethyl adjacent to an activating group) is 1. The molecule has 0 radical (unpaired) electrons. The maximum atomic E-state index is 12.5. The summed E-state index contributed by atoms with van der Waals surface area (Å²) in [5, 5.41) is 2.13. The highest BCUT2D eigenvalue weighted by Crippen LogP contribution is 2.25. The summed E-state index contributed by atoms with van der Waals surface area (Å²) in [6.07, 6.45) is 2.14. The first-order chi connectivity index (χ1) is 11.5. The van der Waals surface area contributed by atoms with E-state index in [1.54, 1.807) is 0 Å². The Kier molecular flexibility index (Phi) is 5.36. The van der Waals surface area contributed by atoms with Crippen LogP contribution in [0.2, 0.25) is 0 Å². The van der Waals surface area contributed by atoms with E-state index in [0.717, 1.165) is 44.6 Å². The Morgan fingerprint density at radius 3 is 2.75 bits per heavy atom. The number of thiophene rings is 1. The summed E-state index contributed by atoms with van der Waals surface area (Å²) in [4.78, 5) is 18.3. The van der Waals surface area contributed by atoms with Crippen LogP contribution in [0.4, 0.5) is 0 Å². The van der Waals surface area contributed by atoms with Crippen molar-refractivity contribution in [2.45, 2.75) is 33.2 Å². The third-order valence-corrected chi connectivity index (χ3v) is 5.82. The number of hydrogen-bond acceptors (Lipinski definition) is 3. The Bertz CT molecular complexity index is 709. The van der Waals surface area contributed by atoms with Crippen LogP contribution < -0.4 is 0 Å². The fourth-order valence-corrected chi connectivity index (χ4v) is 3.93. The predicted molar refractivity (Wildman–Crippen MR) is 101 cm³/mol. The van der Waals surface area contributed by atoms with Crippen LogP contribution >= 0.6 is 11.3 Å². The lowest BCUT2D eigenvalue weighted by molar-refractivity contribution is 0.0772. The van der Waals surface area contributed by atoms with Gasteiger partial charge in [0.05, 0.1) is 0 Å². The predicted octanol–water partition coefficient (Wildman–Crippen LogP) is 3.89. The minimum Gasteiger partial charge on any atom is -0.334 e. The molecule has 0 spiro atoms. The highest BCUT2D eigenvalue weighted by molar-refractivity contribution is 7.09. The molecule has 3 rings (SSSR count). The molecule has 128 valence electrons. The molecule has 0 unspecified atom stereocenters. The van der Waals surface area contributed by atoms with Gasteiger partial charge in [-0.15, -0.1) is 11.3 Å². The Balaban J connectivity index is 1.45. The van der Waals surface area contributed by atoms with Crippen LogP contribution in [-0.2, 0) is 13.0 Å². The van der Waals surface area contributed by atoms with Crippen LogP contribution in [0, 0.1) is 13.8 Å². The molecular weight excluding hydrogens is 316 g/mol. The molecule has 4 heteroatoms. The molecule has 1 aliphatic rings. The molecule has 0 fully saturated rings. The molecule has 0 saturated carbocycles. The van der Waals surface area contributed by atoms with E-state index in [1.165, 1.54) is 21.6 Å². The van der Waals surface area contributed by atoms with Crippen molar-refractivity contribution in [3.8, 4) is 0 Å². The quantitative estimate of drug-likeness (QED) is 0.762. The van der Waals surface area contributed by atoms with Gasteiger partial charge in [-0.1, -0.05) is 12.1 Å². The molecule has 2 heterocycles. The van der Waals surface area contributed by atoms with Crippen molar-refractivity contribution in [2.75, 3.05) is 26.7 Å². The minimum atomic E-state index is 0.203. The lowest BCUT2D eigenvalue weighted by atomic mass is 10.0. The fraction of sp³-hybridized carbons (Fsp3) is 0.450. The fourth-order valence-electron chi connectivity index (χ4n) is 3.23. The second kappa shape index (κ2) is 7.49. The molecule has 1 amide bonds. The third-order valence-electron chi connectivity index (χ3n) is 4.89. The number of aryl methyl sites for hydroxylation is 2. The van der Waals surface area contributed by atoms with Gasteiger partial charge in [0.15, 0.2) is 0 Å². The van der Waals surface area contributed by atoms with Crippen molar-refractivity contribution in [2.24, 2.45) is 0 Å². The van der Waals surface area contributed by atoms with E-state index in [-0.39, 0.29) is 5.91 Å². The number of nitrogens with zero attached hydrogens (tertiary/aromatic N) is 2. The average Bonchev–Trinajstić information content (AvgIpc) is 3.16. The van der Waals surface area contributed by atoms with Crippen LogP contribution in [0.3, 0.4) is 0 Å². The van der Waals surface area contributed by atoms with Gasteiger partial charge < -0.3 is 9.80 Å². The van der Waals surface area contributed by atoms with Gasteiger partial charge in [-0.05, 0) is 74.5 Å². The van der Waals surface area contributed by atoms with E-state index in [4.69, 9.17) is 0 Å². The van der Waals surface area contributed by atoms with Crippen molar-refractivity contribution in [3.05, 3.63) is 56.8 Å². The van der Waals surface area contributed by atoms with Crippen molar-refractivity contribution in [3.63, 3.8) is 0 Å². The normalized spacial score (nSPS) is 13.8. The Morgan fingerprint density at radius 1 is 1.21 bits per heavy atom. The van der Waals surface area contributed by atoms with E-state index < -0.39 is 0 Å². The van der Waals surface area contributed by atoms with Gasteiger partial charge in [-0.25, -0.2) is 0 Å². The van der Waals surface area contributed by atoms with Crippen molar-refractivity contribution in [1.29, 1.82) is 0 Å². The summed E-state index contributed by atoms with van der Waals surface area (Å²) in [6, 6.07) is 8.54. The smallest absolute Gasteiger partial charge is 0.254 e. The summed E-state index contributed by atoms with van der Waals surface area (Å²) < 4.78 is 0. The zero-order valence-electron chi connectivity index (χ0n) is 14.8. The molecule has 0 saturated heterocycles. The molecule has 1 aliphatic heterocycles. The lowest BCUT2D eigenvalue weighted by Gasteiger charge is -2.19. The zero-order valence-corrected chi connectivity index (χ0v) is 15.7. The minimum absolute atomic E-state index is 0.203. The van der Waals surface area contributed by atoms with Gasteiger partial charge in [0.1, 0.15) is 0 Å². The zero-order chi connectivity index (χ0) is 17.1. The van der Waals surface area contributed by atoms with E-state index >= 15 is 0 Å². The van der Waals surface area contributed by atoms with Gasteiger partial charge in [0.2, 0.25) is 0 Å². The first kappa shape index (κ1) is 17.2. The van der Waals surface area contributed by atoms with Gasteiger partial charge in [0, 0.05) is 30.1 Å². The third kappa shape index (κ3) is 3.87. The maximum Gasteiger partial charge on any atom is 0.254 e. The molecule has 24 heavy (non-hydrogen) atoms.